The number of hydrogen-bond donors (Lipinski definition) is 3. The van der Waals surface area contributed by atoms with Gasteiger partial charge in [-0.1, -0.05) is 11.6 Å². The number of phenols is 1. The molecule has 7 nitrogen and oxygen atoms in total. The van der Waals surface area contributed by atoms with E-state index in [4.69, 9.17) is 21.1 Å². The van der Waals surface area contributed by atoms with Crippen molar-refractivity contribution in [3.63, 3.8) is 0 Å². The zero-order valence-corrected chi connectivity index (χ0v) is 13.7. The van der Waals surface area contributed by atoms with Crippen molar-refractivity contribution in [1.82, 2.24) is 10.6 Å². The molecule has 1 aliphatic rings. The van der Waals surface area contributed by atoms with Gasteiger partial charge in [0.1, 0.15) is 0 Å². The normalized spacial score (nSPS) is 17.4. The summed E-state index contributed by atoms with van der Waals surface area (Å²) in [5, 5.41) is 15.1. The molecular formula is C15H17ClN2O5. The van der Waals surface area contributed by atoms with Crippen molar-refractivity contribution in [2.24, 2.45) is 0 Å². The fourth-order valence-corrected chi connectivity index (χ4v) is 2.56. The van der Waals surface area contributed by atoms with Gasteiger partial charge in [0.15, 0.2) is 11.5 Å². The predicted molar refractivity (Wildman–Crippen MR) is 83.4 cm³/mol. The minimum absolute atomic E-state index is 0.0491. The van der Waals surface area contributed by atoms with E-state index in [0.29, 0.717) is 11.3 Å². The third kappa shape index (κ3) is 3.34. The zero-order valence-electron chi connectivity index (χ0n) is 12.9. The third-order valence-electron chi connectivity index (χ3n) is 3.37. The first-order valence-corrected chi connectivity index (χ1v) is 7.28. The average Bonchev–Trinajstić information content (AvgIpc) is 2.49. The number of urea groups is 1. The molecule has 1 aromatic carbocycles. The first kappa shape index (κ1) is 17.0. The van der Waals surface area contributed by atoms with Crippen LogP contribution >= 0.6 is 11.6 Å². The number of benzene rings is 1. The molecule has 23 heavy (non-hydrogen) atoms. The minimum Gasteiger partial charge on any atom is -0.503 e. The van der Waals surface area contributed by atoms with Crippen LogP contribution in [0.5, 0.6) is 11.5 Å². The zero-order chi connectivity index (χ0) is 17.1. The number of carbonyl (C=O) groups is 2. The predicted octanol–water partition coefficient (Wildman–Crippen LogP) is 2.25. The molecule has 0 aromatic heterocycles. The molecule has 0 spiro atoms. The largest absolute Gasteiger partial charge is 0.503 e. The van der Waals surface area contributed by atoms with Crippen LogP contribution in [0.3, 0.4) is 0 Å². The molecule has 0 saturated carbocycles. The molecule has 1 aliphatic heterocycles. The van der Waals surface area contributed by atoms with Crippen LogP contribution in [0.15, 0.2) is 23.4 Å². The Balaban J connectivity index is 2.54. The Bertz CT molecular complexity index is 687. The molecule has 2 rings (SSSR count). The van der Waals surface area contributed by atoms with Gasteiger partial charge in [-0.05, 0) is 31.5 Å². The van der Waals surface area contributed by atoms with Gasteiger partial charge in [0.2, 0.25) is 0 Å². The second-order valence-electron chi connectivity index (χ2n) is 4.84. The molecule has 1 atom stereocenters. The van der Waals surface area contributed by atoms with Gasteiger partial charge in [-0.15, -0.1) is 0 Å². The van der Waals surface area contributed by atoms with Crippen molar-refractivity contribution in [1.29, 1.82) is 0 Å². The molecule has 0 aliphatic carbocycles. The molecule has 3 N–H and O–H groups in total. The molecule has 0 bridgehead atoms. The monoisotopic (exact) mass is 340 g/mol. The first-order valence-electron chi connectivity index (χ1n) is 6.90. The van der Waals surface area contributed by atoms with Gasteiger partial charge >= 0.3 is 12.0 Å². The lowest BCUT2D eigenvalue weighted by atomic mass is 9.95. The summed E-state index contributed by atoms with van der Waals surface area (Å²) in [5.41, 5.74) is 1.14. The van der Waals surface area contributed by atoms with Crippen molar-refractivity contribution < 1.29 is 24.2 Å². The van der Waals surface area contributed by atoms with Crippen LogP contribution in [0.25, 0.3) is 0 Å². The van der Waals surface area contributed by atoms with E-state index in [9.17, 15) is 14.7 Å². The summed E-state index contributed by atoms with van der Waals surface area (Å²) in [6.45, 7) is 3.51. The van der Waals surface area contributed by atoms with Crippen LogP contribution in [-0.4, -0.2) is 30.8 Å². The maximum absolute atomic E-state index is 12.2. The number of nitrogens with one attached hydrogen (secondary N) is 2. The second kappa shape index (κ2) is 6.78. The van der Waals surface area contributed by atoms with Gasteiger partial charge in [-0.3, -0.25) is 0 Å². The van der Waals surface area contributed by atoms with E-state index in [1.807, 2.05) is 0 Å². The summed E-state index contributed by atoms with van der Waals surface area (Å²) in [6.07, 6.45) is 0. The Labute approximate surface area is 138 Å². The average molecular weight is 341 g/mol. The van der Waals surface area contributed by atoms with Crippen molar-refractivity contribution in [3.8, 4) is 11.5 Å². The molecule has 0 fully saturated rings. The number of aromatic hydroxyl groups is 1. The molecule has 124 valence electrons. The lowest BCUT2D eigenvalue weighted by molar-refractivity contribution is -0.139. The van der Waals surface area contributed by atoms with Gasteiger partial charge in [-0.25, -0.2) is 9.59 Å². The van der Waals surface area contributed by atoms with Crippen LogP contribution in [0, 0.1) is 0 Å². The van der Waals surface area contributed by atoms with Crippen molar-refractivity contribution in [3.05, 3.63) is 34.0 Å². The van der Waals surface area contributed by atoms with Gasteiger partial charge in [0.25, 0.3) is 0 Å². The molecule has 0 radical (unpaired) electrons. The summed E-state index contributed by atoms with van der Waals surface area (Å²) in [4.78, 5) is 24.0. The molecule has 0 saturated heterocycles. The maximum Gasteiger partial charge on any atom is 0.338 e. The highest BCUT2D eigenvalue weighted by atomic mass is 35.5. The number of ether oxygens (including phenoxy) is 2. The highest BCUT2D eigenvalue weighted by molar-refractivity contribution is 6.32. The Hall–Kier alpha value is -2.41. The van der Waals surface area contributed by atoms with Crippen molar-refractivity contribution >= 4 is 23.6 Å². The van der Waals surface area contributed by atoms with E-state index >= 15 is 0 Å². The van der Waals surface area contributed by atoms with E-state index in [0.717, 1.165) is 0 Å². The third-order valence-corrected chi connectivity index (χ3v) is 3.66. The second-order valence-corrected chi connectivity index (χ2v) is 5.25. The van der Waals surface area contributed by atoms with E-state index in [1.165, 1.54) is 19.2 Å². The summed E-state index contributed by atoms with van der Waals surface area (Å²) in [6, 6.07) is 1.74. The van der Waals surface area contributed by atoms with Gasteiger partial charge in [-0.2, -0.15) is 0 Å². The van der Waals surface area contributed by atoms with Crippen molar-refractivity contribution in [2.75, 3.05) is 13.7 Å². The number of amides is 2. The number of esters is 1. The molecule has 2 amide bonds. The van der Waals surface area contributed by atoms with E-state index < -0.39 is 18.0 Å². The Morgan fingerprint density at radius 1 is 1.43 bits per heavy atom. The molecule has 1 heterocycles. The topological polar surface area (TPSA) is 96.9 Å². The Morgan fingerprint density at radius 3 is 2.74 bits per heavy atom. The van der Waals surface area contributed by atoms with Crippen LogP contribution in [0.2, 0.25) is 5.02 Å². The van der Waals surface area contributed by atoms with Crippen LogP contribution in [0.1, 0.15) is 25.5 Å². The minimum atomic E-state index is -0.769. The van der Waals surface area contributed by atoms with Crippen LogP contribution in [-0.2, 0) is 9.53 Å². The standard InChI is InChI=1S/C15H17ClN2O5/c1-4-23-14(20)11-7(2)17-15(21)18-12(11)8-5-9(16)13(19)10(6-8)22-3/h5-6,12,19H,4H2,1-3H3,(H2,17,18,21)/t12-/m1/s1. The van der Waals surface area contributed by atoms with Gasteiger partial charge < -0.3 is 25.2 Å². The number of rotatable bonds is 4. The number of methoxy groups -OCH3 is 1. The number of hydrogen-bond acceptors (Lipinski definition) is 5. The molecular weight excluding hydrogens is 324 g/mol. The summed E-state index contributed by atoms with van der Waals surface area (Å²) >= 11 is 5.99. The van der Waals surface area contributed by atoms with E-state index in [1.54, 1.807) is 13.8 Å². The summed E-state index contributed by atoms with van der Waals surface area (Å²) in [5.74, 6) is -0.622. The van der Waals surface area contributed by atoms with Crippen LogP contribution in [0.4, 0.5) is 4.79 Å². The Kier molecular flexibility index (Phi) is 5.00. The number of halogens is 1. The fraction of sp³-hybridized carbons (Fsp3) is 0.333. The van der Waals surface area contributed by atoms with Crippen LogP contribution < -0.4 is 15.4 Å². The van der Waals surface area contributed by atoms with Gasteiger partial charge in [0, 0.05) is 5.70 Å². The Morgan fingerprint density at radius 2 is 2.13 bits per heavy atom. The lowest BCUT2D eigenvalue weighted by Gasteiger charge is -2.28. The van der Waals surface area contributed by atoms with Crippen molar-refractivity contribution in [2.45, 2.75) is 19.9 Å². The quantitative estimate of drug-likeness (QED) is 0.730. The summed E-state index contributed by atoms with van der Waals surface area (Å²) < 4.78 is 10.1. The SMILES string of the molecule is CCOC(=O)C1=C(C)NC(=O)N[C@@H]1c1cc(Cl)c(O)c(OC)c1. The highest BCUT2D eigenvalue weighted by Gasteiger charge is 2.33. The first-order chi connectivity index (χ1) is 10.9. The molecule has 8 heteroatoms. The maximum atomic E-state index is 12.2. The number of carbonyl (C=O) groups excluding carboxylic acids is 2. The number of phenolic OH excluding ortho intramolecular Hbond substituents is 1. The fourth-order valence-electron chi connectivity index (χ4n) is 2.34. The number of allylic oxidation sites excluding steroid dienone is 1. The summed E-state index contributed by atoms with van der Waals surface area (Å²) in [7, 11) is 1.38. The molecule has 0 unspecified atom stereocenters. The lowest BCUT2D eigenvalue weighted by Crippen LogP contribution is -2.45. The molecule has 1 aromatic rings. The highest BCUT2D eigenvalue weighted by Crippen LogP contribution is 2.39. The van der Waals surface area contributed by atoms with E-state index in [2.05, 4.69) is 10.6 Å². The smallest absolute Gasteiger partial charge is 0.338 e. The van der Waals surface area contributed by atoms with E-state index in [-0.39, 0.29) is 28.7 Å². The van der Waals surface area contributed by atoms with Gasteiger partial charge in [0.05, 0.1) is 30.4 Å².